The molecule has 0 aliphatic carbocycles. The van der Waals surface area contributed by atoms with Gasteiger partial charge in [-0.1, -0.05) is 5.11 Å². The number of nitrogens with zero attached hydrogens (tertiary/aromatic N) is 3. The van der Waals surface area contributed by atoms with E-state index in [0.717, 1.165) is 11.4 Å². The van der Waals surface area contributed by atoms with Crippen molar-refractivity contribution in [3.05, 3.63) is 36.7 Å². The van der Waals surface area contributed by atoms with Crippen molar-refractivity contribution in [2.45, 2.75) is 0 Å². The van der Waals surface area contributed by atoms with Gasteiger partial charge in [0.2, 0.25) is 0 Å². The fourth-order valence-corrected chi connectivity index (χ4v) is 1.25. The van der Waals surface area contributed by atoms with Gasteiger partial charge in [0.05, 0.1) is 26.6 Å². The third-order valence-corrected chi connectivity index (χ3v) is 2.18. The number of imidazole rings is 1. The molecule has 5 nitrogen and oxygen atoms in total. The topological polar surface area (TPSA) is 53.6 Å². The summed E-state index contributed by atoms with van der Waals surface area (Å²) in [5.41, 5.74) is 0.787. The van der Waals surface area contributed by atoms with E-state index in [1.54, 1.807) is 7.11 Å². The van der Waals surface area contributed by atoms with Gasteiger partial charge in [-0.3, -0.25) is 0 Å². The molecule has 0 radical (unpaired) electrons. The summed E-state index contributed by atoms with van der Waals surface area (Å²) in [6.45, 7) is 0. The lowest BCUT2D eigenvalue weighted by Gasteiger charge is -1.96. The molecular weight excluding hydrogens is 204 g/mol. The molecule has 82 valence electrons. The lowest BCUT2D eigenvalue weighted by atomic mass is 10.3. The zero-order valence-corrected chi connectivity index (χ0v) is 9.21. The Morgan fingerprint density at radius 3 is 2.50 bits per heavy atom. The largest absolute Gasteiger partial charge is 0.497 e. The van der Waals surface area contributed by atoms with Crippen LogP contribution in [0.5, 0.6) is 5.75 Å². The number of H-pyrrole nitrogens is 1. The van der Waals surface area contributed by atoms with Crippen LogP contribution < -0.4 is 9.30 Å². The summed E-state index contributed by atoms with van der Waals surface area (Å²) in [6, 6.07) is 7.41. The van der Waals surface area contributed by atoms with E-state index in [9.17, 15) is 0 Å². The Morgan fingerprint density at radius 1 is 1.19 bits per heavy atom. The lowest BCUT2D eigenvalue weighted by Crippen LogP contribution is -2.24. The first-order valence-corrected chi connectivity index (χ1v) is 4.88. The van der Waals surface area contributed by atoms with Crippen LogP contribution in [0.25, 0.3) is 0 Å². The summed E-state index contributed by atoms with van der Waals surface area (Å²) >= 11 is 0. The van der Waals surface area contributed by atoms with Crippen molar-refractivity contribution in [3.63, 3.8) is 0 Å². The standard InChI is InChI=1S/C11H12N4O/c1-15-8-7-12-11(15)14-13-9-3-5-10(16-2)6-4-9/h3-8H,1-2H3/p+1. The van der Waals surface area contributed by atoms with Crippen LogP contribution in [0.1, 0.15) is 0 Å². The molecular formula is C11H13N4O+. The summed E-state index contributed by atoms with van der Waals surface area (Å²) in [4.78, 5) is 2.98. The number of aromatic amines is 1. The quantitative estimate of drug-likeness (QED) is 0.622. The van der Waals surface area contributed by atoms with E-state index in [0.29, 0.717) is 5.95 Å². The third kappa shape index (κ3) is 2.25. The summed E-state index contributed by atoms with van der Waals surface area (Å²) in [5, 5.41) is 8.19. The molecule has 1 N–H and O–H groups in total. The van der Waals surface area contributed by atoms with Crippen LogP contribution in [0.3, 0.4) is 0 Å². The molecule has 0 bridgehead atoms. The molecule has 0 saturated carbocycles. The first-order valence-electron chi connectivity index (χ1n) is 4.88. The highest BCUT2D eigenvalue weighted by Crippen LogP contribution is 2.18. The zero-order chi connectivity index (χ0) is 11.4. The summed E-state index contributed by atoms with van der Waals surface area (Å²) < 4.78 is 6.91. The monoisotopic (exact) mass is 217 g/mol. The number of ether oxygens (including phenoxy) is 1. The normalized spacial score (nSPS) is 10.9. The molecule has 0 unspecified atom stereocenters. The van der Waals surface area contributed by atoms with Crippen molar-refractivity contribution < 1.29 is 9.30 Å². The van der Waals surface area contributed by atoms with Gasteiger partial charge >= 0.3 is 5.95 Å². The molecule has 1 aromatic carbocycles. The van der Waals surface area contributed by atoms with Gasteiger partial charge < -0.3 is 4.74 Å². The minimum Gasteiger partial charge on any atom is -0.497 e. The van der Waals surface area contributed by atoms with E-state index < -0.39 is 0 Å². The maximum atomic E-state index is 5.06. The molecule has 0 fully saturated rings. The minimum absolute atomic E-state index is 0.704. The van der Waals surface area contributed by atoms with Crippen LogP contribution in [0.2, 0.25) is 0 Å². The number of aryl methyl sites for hydroxylation is 1. The van der Waals surface area contributed by atoms with Gasteiger partial charge in [-0.25, -0.2) is 9.55 Å². The molecule has 0 atom stereocenters. The molecule has 0 amide bonds. The zero-order valence-electron chi connectivity index (χ0n) is 9.21. The molecule has 1 aromatic heterocycles. The van der Waals surface area contributed by atoms with Gasteiger partial charge in [-0.2, -0.15) is 0 Å². The van der Waals surface area contributed by atoms with E-state index >= 15 is 0 Å². The molecule has 16 heavy (non-hydrogen) atoms. The van der Waals surface area contributed by atoms with E-state index in [1.807, 2.05) is 48.3 Å². The second kappa shape index (κ2) is 4.57. The number of rotatable bonds is 3. The van der Waals surface area contributed by atoms with E-state index in [2.05, 4.69) is 15.2 Å². The fraction of sp³-hybridized carbons (Fsp3) is 0.182. The van der Waals surface area contributed by atoms with Crippen LogP contribution in [-0.2, 0) is 7.05 Å². The van der Waals surface area contributed by atoms with Crippen LogP contribution in [0.4, 0.5) is 11.6 Å². The highest BCUT2D eigenvalue weighted by molar-refractivity contribution is 5.40. The highest BCUT2D eigenvalue weighted by Gasteiger charge is 2.04. The molecule has 0 saturated heterocycles. The van der Waals surface area contributed by atoms with Gasteiger partial charge in [-0.05, 0) is 24.3 Å². The minimum atomic E-state index is 0.704. The van der Waals surface area contributed by atoms with Crippen molar-refractivity contribution in [2.75, 3.05) is 7.11 Å². The van der Waals surface area contributed by atoms with Crippen molar-refractivity contribution in [1.29, 1.82) is 0 Å². The van der Waals surface area contributed by atoms with Crippen LogP contribution in [0.15, 0.2) is 46.9 Å². The Labute approximate surface area is 93.4 Å². The van der Waals surface area contributed by atoms with Crippen LogP contribution in [0, 0.1) is 0 Å². The van der Waals surface area contributed by atoms with E-state index in [4.69, 9.17) is 4.74 Å². The van der Waals surface area contributed by atoms with E-state index in [1.165, 1.54) is 0 Å². The number of hydrogen-bond acceptors (Lipinski definition) is 3. The summed E-state index contributed by atoms with van der Waals surface area (Å²) in [7, 11) is 3.54. The second-order valence-electron chi connectivity index (χ2n) is 3.29. The SMILES string of the molecule is COc1ccc(N=Nc2[nH]cc[n+]2C)cc1. The average Bonchev–Trinajstić information content (AvgIpc) is 2.73. The Bertz CT molecular complexity index is 487. The molecule has 2 rings (SSSR count). The molecule has 0 aliphatic heterocycles. The fourth-order valence-electron chi connectivity index (χ4n) is 1.25. The Kier molecular flexibility index (Phi) is 2.95. The van der Waals surface area contributed by atoms with Gasteiger partial charge in [-0.15, -0.1) is 0 Å². The van der Waals surface area contributed by atoms with E-state index in [-0.39, 0.29) is 0 Å². The van der Waals surface area contributed by atoms with Gasteiger partial charge in [0, 0.05) is 5.11 Å². The van der Waals surface area contributed by atoms with Crippen LogP contribution in [-0.4, -0.2) is 12.1 Å². The maximum absolute atomic E-state index is 5.06. The first kappa shape index (κ1) is 10.4. The van der Waals surface area contributed by atoms with Crippen LogP contribution >= 0.6 is 0 Å². The van der Waals surface area contributed by atoms with Crippen molar-refractivity contribution in [2.24, 2.45) is 17.3 Å². The van der Waals surface area contributed by atoms with Gasteiger partial charge in [0.15, 0.2) is 0 Å². The second-order valence-corrected chi connectivity index (χ2v) is 3.29. The molecule has 0 spiro atoms. The van der Waals surface area contributed by atoms with Crippen molar-refractivity contribution in [3.8, 4) is 5.75 Å². The smallest absolute Gasteiger partial charge is 0.418 e. The van der Waals surface area contributed by atoms with Gasteiger partial charge in [0.25, 0.3) is 0 Å². The number of benzene rings is 1. The Balaban J connectivity index is 2.14. The molecule has 5 heteroatoms. The van der Waals surface area contributed by atoms with Gasteiger partial charge in [0.1, 0.15) is 11.4 Å². The number of methoxy groups -OCH3 is 1. The number of hydrogen-bond donors (Lipinski definition) is 1. The Morgan fingerprint density at radius 2 is 1.94 bits per heavy atom. The summed E-state index contributed by atoms with van der Waals surface area (Å²) in [6.07, 6.45) is 3.69. The summed E-state index contributed by atoms with van der Waals surface area (Å²) in [5.74, 6) is 1.51. The molecule has 0 aliphatic rings. The van der Waals surface area contributed by atoms with Crippen molar-refractivity contribution >= 4 is 11.6 Å². The predicted octanol–water partition coefficient (Wildman–Crippen LogP) is 2.26. The third-order valence-electron chi connectivity index (χ3n) is 2.18. The predicted molar refractivity (Wildman–Crippen MR) is 59.1 cm³/mol. The van der Waals surface area contributed by atoms with Crippen molar-refractivity contribution in [1.82, 2.24) is 4.98 Å². The molecule has 1 heterocycles. The maximum Gasteiger partial charge on any atom is 0.418 e. The number of azo groups is 1. The lowest BCUT2D eigenvalue weighted by molar-refractivity contribution is -0.657. The number of aromatic nitrogens is 2. The highest BCUT2D eigenvalue weighted by atomic mass is 16.5. The average molecular weight is 217 g/mol. The molecule has 2 aromatic rings. The Hall–Kier alpha value is -2.17. The first-order chi connectivity index (χ1) is 7.79. The number of nitrogens with one attached hydrogen (secondary N) is 1.